The highest BCUT2D eigenvalue weighted by Gasteiger charge is 2.21. The largest absolute Gasteiger partial charge is 0.392 e. The Balaban J connectivity index is 1.46. The second-order valence-corrected chi connectivity index (χ2v) is 6.79. The van der Waals surface area contributed by atoms with Crippen LogP contribution in [0, 0.1) is 0 Å². The molecule has 5 nitrogen and oxygen atoms in total. The lowest BCUT2D eigenvalue weighted by atomic mass is 10.2. The van der Waals surface area contributed by atoms with Crippen molar-refractivity contribution in [2.75, 3.05) is 32.7 Å². The number of aliphatic hydroxyl groups excluding tert-OH is 1. The Kier molecular flexibility index (Phi) is 5.89. The van der Waals surface area contributed by atoms with E-state index in [0.717, 1.165) is 49.6 Å². The van der Waals surface area contributed by atoms with Gasteiger partial charge in [-0.25, -0.2) is 0 Å². The Morgan fingerprint density at radius 3 is 2.52 bits per heavy atom. The molecule has 5 heteroatoms. The van der Waals surface area contributed by atoms with Crippen LogP contribution in [-0.4, -0.2) is 64.6 Å². The topological polar surface area (TPSA) is 59.6 Å². The first-order valence-electron chi connectivity index (χ1n) is 9.03. The van der Waals surface area contributed by atoms with Crippen LogP contribution in [0.1, 0.15) is 19.0 Å². The zero-order valence-electron chi connectivity index (χ0n) is 14.8. The summed E-state index contributed by atoms with van der Waals surface area (Å²) in [5.41, 5.74) is 3.35. The number of aryl methyl sites for hydroxylation is 1. The predicted octanol–water partition coefficient (Wildman–Crippen LogP) is 2.14. The van der Waals surface area contributed by atoms with Crippen molar-refractivity contribution in [3.8, 4) is 11.3 Å². The molecule has 3 rings (SSSR count). The van der Waals surface area contributed by atoms with Gasteiger partial charge in [0.05, 0.1) is 6.10 Å². The molecule has 134 valence electrons. The fraction of sp³-hybridized carbons (Fsp3) is 0.450. The van der Waals surface area contributed by atoms with Crippen LogP contribution in [-0.2, 0) is 11.2 Å². The van der Waals surface area contributed by atoms with Crippen molar-refractivity contribution in [2.45, 2.75) is 25.9 Å². The van der Waals surface area contributed by atoms with Crippen LogP contribution in [0.25, 0.3) is 11.3 Å². The highest BCUT2D eigenvalue weighted by atomic mass is 16.3. The Labute approximate surface area is 149 Å². The summed E-state index contributed by atoms with van der Waals surface area (Å²) in [5, 5.41) is 9.45. The zero-order valence-corrected chi connectivity index (χ0v) is 14.8. The Morgan fingerprint density at radius 1 is 1.12 bits per heavy atom. The van der Waals surface area contributed by atoms with E-state index in [0.29, 0.717) is 13.0 Å². The van der Waals surface area contributed by atoms with Gasteiger partial charge >= 0.3 is 0 Å². The van der Waals surface area contributed by atoms with Crippen molar-refractivity contribution in [3.05, 3.63) is 48.2 Å². The molecule has 1 amide bonds. The maximum Gasteiger partial charge on any atom is 0.223 e. The summed E-state index contributed by atoms with van der Waals surface area (Å²) in [7, 11) is 0. The quantitative estimate of drug-likeness (QED) is 0.846. The molecule has 0 radical (unpaired) electrons. The van der Waals surface area contributed by atoms with Gasteiger partial charge < -0.3 is 15.0 Å². The van der Waals surface area contributed by atoms with Crippen LogP contribution in [0.15, 0.2) is 42.5 Å². The number of carbonyl (C=O) groups excluding carboxylic acids is 1. The molecule has 1 aliphatic rings. The molecule has 0 bridgehead atoms. The molecule has 1 fully saturated rings. The zero-order chi connectivity index (χ0) is 17.6. The lowest BCUT2D eigenvalue weighted by Gasteiger charge is -2.35. The first-order valence-corrected chi connectivity index (χ1v) is 9.03. The number of rotatable bonds is 6. The average molecular weight is 341 g/mol. The van der Waals surface area contributed by atoms with Crippen molar-refractivity contribution in [3.63, 3.8) is 0 Å². The number of piperazine rings is 1. The smallest absolute Gasteiger partial charge is 0.223 e. The highest BCUT2D eigenvalue weighted by Crippen LogP contribution is 2.18. The maximum atomic E-state index is 12.4. The molecular formula is C20H27N3O2. The SMILES string of the molecule is C[C@@H](O)CN1CCN(C(=O)CCc2ccc(-c3ccccc3)[nH]2)CC1. The molecule has 2 aromatic rings. The summed E-state index contributed by atoms with van der Waals surface area (Å²) < 4.78 is 0. The number of benzene rings is 1. The van der Waals surface area contributed by atoms with E-state index < -0.39 is 0 Å². The lowest BCUT2D eigenvalue weighted by molar-refractivity contribution is -0.133. The van der Waals surface area contributed by atoms with Crippen LogP contribution in [0.4, 0.5) is 0 Å². The Bertz CT molecular complexity index is 673. The standard InChI is InChI=1S/C20H27N3O2/c1-16(24)15-22-11-13-23(14-12-22)20(25)10-8-18-7-9-19(21-18)17-5-3-2-4-6-17/h2-7,9,16,21,24H,8,10-15H2,1H3/t16-/m1/s1. The number of amides is 1. The number of H-pyrrole nitrogens is 1. The minimum absolute atomic E-state index is 0.215. The second-order valence-electron chi connectivity index (χ2n) is 6.79. The van der Waals surface area contributed by atoms with E-state index in [1.807, 2.05) is 23.1 Å². The van der Waals surface area contributed by atoms with E-state index in [4.69, 9.17) is 0 Å². The second kappa shape index (κ2) is 8.32. The van der Waals surface area contributed by atoms with Crippen molar-refractivity contribution in [2.24, 2.45) is 0 Å². The summed E-state index contributed by atoms with van der Waals surface area (Å²) in [5.74, 6) is 0.215. The van der Waals surface area contributed by atoms with E-state index in [9.17, 15) is 9.90 Å². The van der Waals surface area contributed by atoms with E-state index >= 15 is 0 Å². The van der Waals surface area contributed by atoms with Crippen molar-refractivity contribution >= 4 is 5.91 Å². The van der Waals surface area contributed by atoms with Gasteiger partial charge in [0.15, 0.2) is 0 Å². The van der Waals surface area contributed by atoms with Gasteiger partial charge in [-0.2, -0.15) is 0 Å². The average Bonchev–Trinajstić information content (AvgIpc) is 3.10. The van der Waals surface area contributed by atoms with Gasteiger partial charge in [-0.1, -0.05) is 30.3 Å². The van der Waals surface area contributed by atoms with Gasteiger partial charge in [-0.05, 0) is 31.0 Å². The molecule has 0 unspecified atom stereocenters. The fourth-order valence-corrected chi connectivity index (χ4v) is 3.33. The molecular weight excluding hydrogens is 314 g/mol. The predicted molar refractivity (Wildman–Crippen MR) is 99.3 cm³/mol. The van der Waals surface area contributed by atoms with Gasteiger partial charge in [0.2, 0.25) is 5.91 Å². The summed E-state index contributed by atoms with van der Waals surface area (Å²) in [6.45, 7) is 5.69. The molecule has 2 heterocycles. The van der Waals surface area contributed by atoms with Crippen molar-refractivity contribution < 1.29 is 9.90 Å². The van der Waals surface area contributed by atoms with Crippen LogP contribution < -0.4 is 0 Å². The summed E-state index contributed by atoms with van der Waals surface area (Å²) in [6, 6.07) is 14.3. The molecule has 2 N–H and O–H groups in total. The third-order valence-corrected chi connectivity index (χ3v) is 4.69. The van der Waals surface area contributed by atoms with Crippen LogP contribution in [0.2, 0.25) is 0 Å². The van der Waals surface area contributed by atoms with Crippen LogP contribution >= 0.6 is 0 Å². The number of aromatic nitrogens is 1. The summed E-state index contributed by atoms with van der Waals surface area (Å²) in [4.78, 5) is 20.0. The summed E-state index contributed by atoms with van der Waals surface area (Å²) >= 11 is 0. The first kappa shape index (κ1) is 17.7. The molecule has 1 aromatic heterocycles. The molecule has 1 saturated heterocycles. The first-order chi connectivity index (χ1) is 12.1. The molecule has 1 aliphatic heterocycles. The van der Waals surface area contributed by atoms with E-state index in [1.54, 1.807) is 6.92 Å². The van der Waals surface area contributed by atoms with Gasteiger partial charge in [0.25, 0.3) is 0 Å². The van der Waals surface area contributed by atoms with E-state index in [1.165, 1.54) is 0 Å². The van der Waals surface area contributed by atoms with Crippen LogP contribution in [0.5, 0.6) is 0 Å². The van der Waals surface area contributed by atoms with Gasteiger partial charge in [-0.3, -0.25) is 9.69 Å². The monoisotopic (exact) mass is 341 g/mol. The molecule has 25 heavy (non-hydrogen) atoms. The van der Waals surface area contributed by atoms with Gasteiger partial charge in [-0.15, -0.1) is 0 Å². The number of carbonyl (C=O) groups is 1. The number of hydrogen-bond acceptors (Lipinski definition) is 3. The number of hydrogen-bond donors (Lipinski definition) is 2. The minimum Gasteiger partial charge on any atom is -0.392 e. The third kappa shape index (κ3) is 4.94. The third-order valence-electron chi connectivity index (χ3n) is 4.69. The molecule has 0 aliphatic carbocycles. The molecule has 1 atom stereocenters. The molecule has 0 spiro atoms. The normalized spacial score (nSPS) is 16.8. The Hall–Kier alpha value is -2.11. The highest BCUT2D eigenvalue weighted by molar-refractivity contribution is 5.76. The van der Waals surface area contributed by atoms with Crippen molar-refractivity contribution in [1.82, 2.24) is 14.8 Å². The van der Waals surface area contributed by atoms with Gasteiger partial charge in [0.1, 0.15) is 0 Å². The molecule has 0 saturated carbocycles. The maximum absolute atomic E-state index is 12.4. The Morgan fingerprint density at radius 2 is 1.84 bits per heavy atom. The van der Waals surface area contributed by atoms with Crippen molar-refractivity contribution in [1.29, 1.82) is 0 Å². The number of nitrogens with zero attached hydrogens (tertiary/aromatic N) is 2. The van der Waals surface area contributed by atoms with Gasteiger partial charge in [0, 0.05) is 50.5 Å². The van der Waals surface area contributed by atoms with E-state index in [-0.39, 0.29) is 12.0 Å². The molecule has 1 aromatic carbocycles. The van der Waals surface area contributed by atoms with Crippen LogP contribution in [0.3, 0.4) is 0 Å². The number of β-amino-alcohol motifs (C(OH)–C–C–N with tert-alkyl or cyclic N) is 1. The lowest BCUT2D eigenvalue weighted by Crippen LogP contribution is -2.50. The summed E-state index contributed by atoms with van der Waals surface area (Å²) in [6.07, 6.45) is 0.957. The number of aromatic amines is 1. The minimum atomic E-state index is -0.311. The number of aliphatic hydroxyl groups is 1. The fourth-order valence-electron chi connectivity index (χ4n) is 3.33. The number of nitrogens with one attached hydrogen (secondary N) is 1. The van der Waals surface area contributed by atoms with E-state index in [2.05, 4.69) is 34.1 Å².